The maximum atomic E-state index is 12.3. The lowest BCUT2D eigenvalue weighted by Crippen LogP contribution is -2.46. The van der Waals surface area contributed by atoms with Gasteiger partial charge in [-0.15, -0.1) is 12.4 Å². The molecule has 0 saturated carbocycles. The van der Waals surface area contributed by atoms with Crippen LogP contribution < -0.4 is 11.1 Å². The van der Waals surface area contributed by atoms with Crippen molar-refractivity contribution in [3.63, 3.8) is 0 Å². The van der Waals surface area contributed by atoms with Gasteiger partial charge in [0.2, 0.25) is 5.91 Å². The molecule has 108 valence electrons. The Labute approximate surface area is 122 Å². The summed E-state index contributed by atoms with van der Waals surface area (Å²) in [4.78, 5) is 12.3. The number of hydrogen-bond donors (Lipinski definition) is 2. The molecule has 1 amide bonds. The van der Waals surface area contributed by atoms with Gasteiger partial charge >= 0.3 is 0 Å². The monoisotopic (exact) mass is 284 g/mol. The van der Waals surface area contributed by atoms with E-state index >= 15 is 0 Å². The highest BCUT2D eigenvalue weighted by Gasteiger charge is 2.24. The van der Waals surface area contributed by atoms with E-state index in [2.05, 4.69) is 19.2 Å². The van der Waals surface area contributed by atoms with Gasteiger partial charge in [-0.05, 0) is 25.3 Å². The maximum Gasteiger partial charge on any atom is 0.227 e. The van der Waals surface area contributed by atoms with E-state index in [0.29, 0.717) is 6.54 Å². The van der Waals surface area contributed by atoms with E-state index in [1.54, 1.807) is 0 Å². The number of halogens is 1. The largest absolute Gasteiger partial charge is 0.354 e. The highest BCUT2D eigenvalue weighted by atomic mass is 35.5. The highest BCUT2D eigenvalue weighted by molar-refractivity contribution is 5.85. The lowest BCUT2D eigenvalue weighted by molar-refractivity contribution is -0.123. The van der Waals surface area contributed by atoms with Gasteiger partial charge in [0.25, 0.3) is 0 Å². The summed E-state index contributed by atoms with van der Waals surface area (Å²) < 4.78 is 0. The van der Waals surface area contributed by atoms with Gasteiger partial charge in [0, 0.05) is 12.1 Å². The van der Waals surface area contributed by atoms with Crippen LogP contribution in [0.15, 0.2) is 30.3 Å². The van der Waals surface area contributed by atoms with E-state index in [9.17, 15) is 4.79 Å². The Morgan fingerprint density at radius 2 is 1.79 bits per heavy atom. The zero-order valence-electron chi connectivity index (χ0n) is 12.1. The fourth-order valence-electron chi connectivity index (χ4n) is 1.92. The molecule has 1 unspecified atom stereocenters. The van der Waals surface area contributed by atoms with E-state index < -0.39 is 0 Å². The minimum absolute atomic E-state index is 0. The zero-order valence-corrected chi connectivity index (χ0v) is 13.0. The molecule has 0 bridgehead atoms. The predicted octanol–water partition coefficient (Wildman–Crippen LogP) is 2.70. The van der Waals surface area contributed by atoms with Gasteiger partial charge in [-0.1, -0.05) is 44.2 Å². The summed E-state index contributed by atoms with van der Waals surface area (Å²) in [7, 11) is 0. The van der Waals surface area contributed by atoms with Crippen molar-refractivity contribution in [1.29, 1.82) is 0 Å². The standard InChI is InChI=1S/C15H24N2O.ClH/c1-11(2)13(12-8-6-5-7-9-12)14(18)17-10-15(3,4)16;/h5-9,11,13H,10,16H2,1-4H3,(H,17,18);1H. The van der Waals surface area contributed by atoms with Crippen LogP contribution in [0.25, 0.3) is 0 Å². The fraction of sp³-hybridized carbons (Fsp3) is 0.533. The first-order chi connectivity index (χ1) is 8.31. The molecule has 19 heavy (non-hydrogen) atoms. The fourth-order valence-corrected chi connectivity index (χ4v) is 1.92. The Balaban J connectivity index is 0.00000324. The Morgan fingerprint density at radius 3 is 2.21 bits per heavy atom. The van der Waals surface area contributed by atoms with Crippen LogP contribution >= 0.6 is 12.4 Å². The molecular weight excluding hydrogens is 260 g/mol. The Kier molecular flexibility index (Phi) is 7.09. The molecule has 1 aromatic carbocycles. The molecule has 4 heteroatoms. The summed E-state index contributed by atoms with van der Waals surface area (Å²) in [6.07, 6.45) is 0. The van der Waals surface area contributed by atoms with Gasteiger partial charge in [-0.25, -0.2) is 0 Å². The summed E-state index contributed by atoms with van der Waals surface area (Å²) in [5, 5.41) is 2.94. The molecule has 0 radical (unpaired) electrons. The Morgan fingerprint density at radius 1 is 1.26 bits per heavy atom. The molecule has 0 aliphatic rings. The number of carbonyl (C=O) groups is 1. The van der Waals surface area contributed by atoms with E-state index in [1.165, 1.54) is 0 Å². The van der Waals surface area contributed by atoms with Crippen LogP contribution in [0.4, 0.5) is 0 Å². The van der Waals surface area contributed by atoms with Gasteiger partial charge in [-0.2, -0.15) is 0 Å². The van der Waals surface area contributed by atoms with Crippen molar-refractivity contribution in [2.45, 2.75) is 39.2 Å². The van der Waals surface area contributed by atoms with Crippen LogP contribution in [0.3, 0.4) is 0 Å². The van der Waals surface area contributed by atoms with Crippen molar-refractivity contribution in [3.8, 4) is 0 Å². The molecule has 0 aromatic heterocycles. The summed E-state index contributed by atoms with van der Waals surface area (Å²) in [5.74, 6) is 0.191. The molecule has 3 nitrogen and oxygen atoms in total. The molecule has 0 fully saturated rings. The van der Waals surface area contributed by atoms with Crippen LogP contribution in [0.2, 0.25) is 0 Å². The molecule has 0 aliphatic heterocycles. The molecule has 0 heterocycles. The van der Waals surface area contributed by atoms with Gasteiger partial charge in [0.1, 0.15) is 0 Å². The van der Waals surface area contributed by atoms with Crippen LogP contribution in [0.5, 0.6) is 0 Å². The number of nitrogens with two attached hydrogens (primary N) is 1. The van der Waals surface area contributed by atoms with Crippen LogP contribution in [-0.4, -0.2) is 18.0 Å². The van der Waals surface area contributed by atoms with Crippen LogP contribution in [0.1, 0.15) is 39.2 Å². The Bertz CT molecular complexity index is 385. The highest BCUT2D eigenvalue weighted by Crippen LogP contribution is 2.24. The average Bonchev–Trinajstić information content (AvgIpc) is 2.26. The molecule has 0 saturated heterocycles. The number of carbonyl (C=O) groups excluding carboxylic acids is 1. The van der Waals surface area contributed by atoms with E-state index in [0.717, 1.165) is 5.56 Å². The SMILES string of the molecule is CC(C)C(C(=O)NCC(C)(C)N)c1ccccc1.Cl. The number of amides is 1. The first-order valence-corrected chi connectivity index (χ1v) is 6.43. The number of benzene rings is 1. The van der Waals surface area contributed by atoms with Crippen molar-refractivity contribution < 1.29 is 4.79 Å². The number of hydrogen-bond acceptors (Lipinski definition) is 2. The van der Waals surface area contributed by atoms with Crippen LogP contribution in [-0.2, 0) is 4.79 Å². The maximum absolute atomic E-state index is 12.3. The summed E-state index contributed by atoms with van der Waals surface area (Å²) in [6, 6.07) is 9.88. The smallest absolute Gasteiger partial charge is 0.227 e. The molecule has 3 N–H and O–H groups in total. The van der Waals surface area contributed by atoms with Crippen molar-refractivity contribution in [2.24, 2.45) is 11.7 Å². The molecule has 1 atom stereocenters. The topological polar surface area (TPSA) is 55.1 Å². The van der Waals surface area contributed by atoms with E-state index in [-0.39, 0.29) is 35.7 Å². The van der Waals surface area contributed by atoms with Crippen molar-refractivity contribution in [3.05, 3.63) is 35.9 Å². The van der Waals surface area contributed by atoms with E-state index in [1.807, 2.05) is 44.2 Å². The van der Waals surface area contributed by atoms with Crippen molar-refractivity contribution in [1.82, 2.24) is 5.32 Å². The second-order valence-corrected chi connectivity index (χ2v) is 5.84. The summed E-state index contributed by atoms with van der Waals surface area (Å²) >= 11 is 0. The molecular formula is C15H25ClN2O. The lowest BCUT2D eigenvalue weighted by Gasteiger charge is -2.24. The zero-order chi connectivity index (χ0) is 13.8. The normalized spacial score (nSPS) is 12.7. The lowest BCUT2D eigenvalue weighted by atomic mass is 9.87. The van der Waals surface area contributed by atoms with E-state index in [4.69, 9.17) is 5.73 Å². The first-order valence-electron chi connectivity index (χ1n) is 6.43. The van der Waals surface area contributed by atoms with Gasteiger partial charge in [0.15, 0.2) is 0 Å². The van der Waals surface area contributed by atoms with Crippen molar-refractivity contribution in [2.75, 3.05) is 6.54 Å². The van der Waals surface area contributed by atoms with Crippen LogP contribution in [0, 0.1) is 5.92 Å². The molecule has 1 aromatic rings. The molecule has 0 aliphatic carbocycles. The van der Waals surface area contributed by atoms with Gasteiger partial charge < -0.3 is 11.1 Å². The quantitative estimate of drug-likeness (QED) is 0.873. The average molecular weight is 285 g/mol. The third kappa shape index (κ3) is 6.08. The van der Waals surface area contributed by atoms with Gasteiger partial charge in [0.05, 0.1) is 5.92 Å². The first kappa shape index (κ1) is 17.9. The third-order valence-corrected chi connectivity index (χ3v) is 2.83. The minimum Gasteiger partial charge on any atom is -0.354 e. The summed E-state index contributed by atoms with van der Waals surface area (Å²) in [5.41, 5.74) is 6.56. The second-order valence-electron chi connectivity index (χ2n) is 5.84. The Hall–Kier alpha value is -1.06. The van der Waals surface area contributed by atoms with Crippen molar-refractivity contribution >= 4 is 18.3 Å². The second kappa shape index (κ2) is 7.51. The predicted molar refractivity (Wildman–Crippen MR) is 82.5 cm³/mol. The number of rotatable bonds is 5. The van der Waals surface area contributed by atoms with Gasteiger partial charge in [-0.3, -0.25) is 4.79 Å². The molecule has 0 spiro atoms. The number of nitrogens with one attached hydrogen (secondary N) is 1. The summed E-state index contributed by atoms with van der Waals surface area (Å²) in [6.45, 7) is 8.41. The molecule has 1 rings (SSSR count). The minimum atomic E-state index is -0.381. The third-order valence-electron chi connectivity index (χ3n) is 2.83.